The van der Waals surface area contributed by atoms with E-state index in [2.05, 4.69) is 60.5 Å². The van der Waals surface area contributed by atoms with E-state index in [1.807, 2.05) is 18.3 Å². The Morgan fingerprint density at radius 2 is 1.76 bits per heavy atom. The Hall–Kier alpha value is -1.68. The third kappa shape index (κ3) is 5.15. The molecule has 0 amide bonds. The highest BCUT2D eigenvalue weighted by atomic mass is 35.5. The highest BCUT2D eigenvalue weighted by Crippen LogP contribution is 2.27. The van der Waals surface area contributed by atoms with Crippen LogP contribution in [0.3, 0.4) is 0 Å². The maximum Gasteiger partial charge on any atom is 0.107 e. The molecule has 3 aromatic rings. The molecule has 0 fully saturated rings. The van der Waals surface area contributed by atoms with E-state index in [1.54, 1.807) is 11.3 Å². The van der Waals surface area contributed by atoms with Gasteiger partial charge in [0.25, 0.3) is 0 Å². The average molecular weight is 371 g/mol. The largest absolute Gasteiger partial charge is 0.310 e. The van der Waals surface area contributed by atoms with Gasteiger partial charge in [-0.25, -0.2) is 4.98 Å². The van der Waals surface area contributed by atoms with Crippen LogP contribution in [0.4, 0.5) is 0 Å². The third-order valence-corrected chi connectivity index (χ3v) is 5.49. The zero-order valence-corrected chi connectivity index (χ0v) is 16.2. The molecule has 0 bridgehead atoms. The van der Waals surface area contributed by atoms with Crippen LogP contribution >= 0.6 is 22.9 Å². The lowest BCUT2D eigenvalue weighted by Gasteiger charge is -2.05. The Labute approximate surface area is 158 Å². The molecule has 4 heteroatoms. The third-order valence-electron chi connectivity index (χ3n) is 4.20. The number of benzene rings is 2. The van der Waals surface area contributed by atoms with Crippen LogP contribution in [0.2, 0.25) is 5.02 Å². The minimum atomic E-state index is 0.566. The summed E-state index contributed by atoms with van der Waals surface area (Å²) in [7, 11) is 0. The first kappa shape index (κ1) is 18.1. The Balaban J connectivity index is 1.50. The molecule has 0 unspecified atom stereocenters. The zero-order chi connectivity index (χ0) is 17.6. The summed E-state index contributed by atoms with van der Waals surface area (Å²) < 4.78 is 0. The van der Waals surface area contributed by atoms with E-state index in [9.17, 15) is 0 Å². The van der Waals surface area contributed by atoms with Crippen LogP contribution in [0.1, 0.15) is 35.9 Å². The normalized spacial score (nSPS) is 11.2. The number of rotatable bonds is 7. The van der Waals surface area contributed by atoms with Crippen molar-refractivity contribution in [3.63, 3.8) is 0 Å². The van der Waals surface area contributed by atoms with Crippen LogP contribution < -0.4 is 5.32 Å². The van der Waals surface area contributed by atoms with Gasteiger partial charge in [0.15, 0.2) is 0 Å². The summed E-state index contributed by atoms with van der Waals surface area (Å²) in [4.78, 5) is 5.77. The number of nitrogens with zero attached hydrogens (tertiary/aromatic N) is 1. The first-order valence-corrected chi connectivity index (χ1v) is 9.81. The highest BCUT2D eigenvalue weighted by Gasteiger charge is 2.05. The van der Waals surface area contributed by atoms with Crippen LogP contribution in [-0.4, -0.2) is 11.5 Å². The van der Waals surface area contributed by atoms with E-state index < -0.39 is 0 Å². The molecule has 0 aliphatic rings. The molecule has 0 atom stereocenters. The SMILES string of the molecule is CC(C)c1ccc(-c2cnc(CNCCc3ccc(Cl)cc3)s2)cc1. The molecule has 0 spiro atoms. The van der Waals surface area contributed by atoms with Gasteiger partial charge in [0, 0.05) is 17.8 Å². The molecule has 1 heterocycles. The molecule has 0 saturated heterocycles. The van der Waals surface area contributed by atoms with Gasteiger partial charge in [0.2, 0.25) is 0 Å². The van der Waals surface area contributed by atoms with E-state index in [1.165, 1.54) is 21.6 Å². The predicted octanol–water partition coefficient (Wildman–Crippen LogP) is 5.92. The molecule has 0 radical (unpaired) electrons. The summed E-state index contributed by atoms with van der Waals surface area (Å²) in [5.41, 5.74) is 3.91. The van der Waals surface area contributed by atoms with Crippen LogP contribution in [0, 0.1) is 0 Å². The van der Waals surface area contributed by atoms with Gasteiger partial charge in [-0.1, -0.05) is 61.8 Å². The standard InChI is InChI=1S/C21H23ClN2S/c1-15(2)17-5-7-18(8-6-17)20-13-24-21(25-20)14-23-12-11-16-3-9-19(22)10-4-16/h3-10,13,15,23H,11-12,14H2,1-2H3. The van der Waals surface area contributed by atoms with Gasteiger partial charge in [-0.15, -0.1) is 11.3 Å². The number of thiazole rings is 1. The molecular formula is C21H23ClN2S. The summed E-state index contributed by atoms with van der Waals surface area (Å²) in [5.74, 6) is 0.566. The van der Waals surface area contributed by atoms with Crippen molar-refractivity contribution in [2.45, 2.75) is 32.7 Å². The molecular weight excluding hydrogens is 348 g/mol. The number of nitrogens with one attached hydrogen (secondary N) is 1. The first-order valence-electron chi connectivity index (χ1n) is 8.62. The van der Waals surface area contributed by atoms with Crippen molar-refractivity contribution < 1.29 is 0 Å². The maximum absolute atomic E-state index is 5.91. The first-order chi connectivity index (χ1) is 12.1. The van der Waals surface area contributed by atoms with E-state index in [-0.39, 0.29) is 0 Å². The molecule has 130 valence electrons. The van der Waals surface area contributed by atoms with E-state index >= 15 is 0 Å². The van der Waals surface area contributed by atoms with Crippen LogP contribution in [0.15, 0.2) is 54.7 Å². The van der Waals surface area contributed by atoms with Crippen molar-refractivity contribution in [2.75, 3.05) is 6.54 Å². The summed E-state index contributed by atoms with van der Waals surface area (Å²) in [5, 5.41) is 5.38. The molecule has 0 aliphatic heterocycles. The molecule has 1 N–H and O–H groups in total. The smallest absolute Gasteiger partial charge is 0.107 e. The topological polar surface area (TPSA) is 24.9 Å². The molecule has 1 aromatic heterocycles. The Kier molecular flexibility index (Phi) is 6.24. The fourth-order valence-corrected chi connectivity index (χ4v) is 3.66. The van der Waals surface area contributed by atoms with Crippen molar-refractivity contribution >= 4 is 22.9 Å². The van der Waals surface area contributed by atoms with Gasteiger partial charge < -0.3 is 5.32 Å². The highest BCUT2D eigenvalue weighted by molar-refractivity contribution is 7.15. The van der Waals surface area contributed by atoms with Gasteiger partial charge in [0.1, 0.15) is 5.01 Å². The molecule has 0 aliphatic carbocycles. The molecule has 2 aromatic carbocycles. The van der Waals surface area contributed by atoms with Crippen molar-refractivity contribution in [3.05, 3.63) is 75.9 Å². The second kappa shape index (κ2) is 8.61. The van der Waals surface area contributed by atoms with Crippen molar-refractivity contribution in [2.24, 2.45) is 0 Å². The molecule has 25 heavy (non-hydrogen) atoms. The number of hydrogen-bond donors (Lipinski definition) is 1. The summed E-state index contributed by atoms with van der Waals surface area (Å²) in [6.45, 7) is 6.17. The van der Waals surface area contributed by atoms with Gasteiger partial charge in [-0.2, -0.15) is 0 Å². The van der Waals surface area contributed by atoms with Gasteiger partial charge in [0.05, 0.1) is 4.88 Å². The molecule has 2 nitrogen and oxygen atoms in total. The average Bonchev–Trinajstić information content (AvgIpc) is 3.09. The Morgan fingerprint density at radius 3 is 2.44 bits per heavy atom. The predicted molar refractivity (Wildman–Crippen MR) is 109 cm³/mol. The fourth-order valence-electron chi connectivity index (χ4n) is 2.64. The lowest BCUT2D eigenvalue weighted by Crippen LogP contribution is -2.16. The van der Waals surface area contributed by atoms with E-state index in [0.717, 1.165) is 29.5 Å². The lowest BCUT2D eigenvalue weighted by atomic mass is 10.0. The Bertz CT molecular complexity index is 792. The number of aromatic nitrogens is 1. The monoisotopic (exact) mass is 370 g/mol. The Morgan fingerprint density at radius 1 is 1.04 bits per heavy atom. The quantitative estimate of drug-likeness (QED) is 0.522. The fraction of sp³-hybridized carbons (Fsp3) is 0.286. The van der Waals surface area contributed by atoms with Crippen LogP contribution in [-0.2, 0) is 13.0 Å². The molecule has 3 rings (SSSR count). The summed E-state index contributed by atoms with van der Waals surface area (Å²) in [6, 6.07) is 16.8. The lowest BCUT2D eigenvalue weighted by molar-refractivity contribution is 0.684. The van der Waals surface area contributed by atoms with E-state index in [4.69, 9.17) is 11.6 Å². The van der Waals surface area contributed by atoms with Crippen molar-refractivity contribution in [3.8, 4) is 10.4 Å². The minimum absolute atomic E-state index is 0.566. The maximum atomic E-state index is 5.91. The summed E-state index contributed by atoms with van der Waals surface area (Å²) in [6.07, 6.45) is 2.97. The van der Waals surface area contributed by atoms with Crippen LogP contribution in [0.25, 0.3) is 10.4 Å². The molecule has 0 saturated carbocycles. The van der Waals surface area contributed by atoms with Crippen LogP contribution in [0.5, 0.6) is 0 Å². The number of halogens is 1. The number of hydrogen-bond acceptors (Lipinski definition) is 3. The zero-order valence-electron chi connectivity index (χ0n) is 14.6. The van der Waals surface area contributed by atoms with Crippen molar-refractivity contribution in [1.29, 1.82) is 0 Å². The minimum Gasteiger partial charge on any atom is -0.310 e. The second-order valence-corrected chi connectivity index (χ2v) is 8.00. The summed E-state index contributed by atoms with van der Waals surface area (Å²) >= 11 is 7.66. The van der Waals surface area contributed by atoms with Gasteiger partial charge in [-0.05, 0) is 47.7 Å². The van der Waals surface area contributed by atoms with E-state index in [0.29, 0.717) is 5.92 Å². The van der Waals surface area contributed by atoms with Gasteiger partial charge >= 0.3 is 0 Å². The van der Waals surface area contributed by atoms with Crippen molar-refractivity contribution in [1.82, 2.24) is 10.3 Å². The van der Waals surface area contributed by atoms with Gasteiger partial charge in [-0.3, -0.25) is 0 Å². The second-order valence-electron chi connectivity index (χ2n) is 6.45.